The molecular weight excluding hydrogens is 303 g/mol. The SMILES string of the molecule is C=C(/C=C/B1OC(C)(C)C(C)(C)O1)CCO[Si](C)(C)C(C)(C)C. The second-order valence-corrected chi connectivity index (χ2v) is 13.8. The van der Waals surface area contributed by atoms with Gasteiger partial charge >= 0.3 is 7.12 Å². The molecule has 23 heavy (non-hydrogen) atoms. The van der Waals surface area contributed by atoms with Gasteiger partial charge in [-0.15, -0.1) is 0 Å². The van der Waals surface area contributed by atoms with Crippen molar-refractivity contribution >= 4 is 15.4 Å². The number of allylic oxidation sites excluding steroid dienone is 1. The maximum absolute atomic E-state index is 6.18. The highest BCUT2D eigenvalue weighted by molar-refractivity contribution is 6.74. The summed E-state index contributed by atoms with van der Waals surface area (Å²) >= 11 is 0. The summed E-state index contributed by atoms with van der Waals surface area (Å²) in [7, 11) is -1.98. The quantitative estimate of drug-likeness (QED) is 0.496. The van der Waals surface area contributed by atoms with Crippen molar-refractivity contribution in [3.05, 3.63) is 24.2 Å². The van der Waals surface area contributed by atoms with Crippen molar-refractivity contribution in [3.63, 3.8) is 0 Å². The lowest BCUT2D eigenvalue weighted by Crippen LogP contribution is -2.41. The topological polar surface area (TPSA) is 27.7 Å². The van der Waals surface area contributed by atoms with E-state index in [2.05, 4.69) is 68.1 Å². The van der Waals surface area contributed by atoms with Gasteiger partial charge in [0.15, 0.2) is 8.32 Å². The molecule has 0 bridgehead atoms. The highest BCUT2D eigenvalue weighted by atomic mass is 28.4. The molecule has 1 rings (SSSR count). The Morgan fingerprint density at radius 3 is 2.04 bits per heavy atom. The van der Waals surface area contributed by atoms with Crippen LogP contribution >= 0.6 is 0 Å². The molecule has 0 aliphatic carbocycles. The fraction of sp³-hybridized carbons (Fsp3) is 0.778. The fourth-order valence-electron chi connectivity index (χ4n) is 1.92. The molecule has 0 radical (unpaired) electrons. The van der Waals surface area contributed by atoms with Crippen molar-refractivity contribution in [1.82, 2.24) is 0 Å². The molecule has 0 atom stereocenters. The van der Waals surface area contributed by atoms with Crippen molar-refractivity contribution in [1.29, 1.82) is 0 Å². The highest BCUT2D eigenvalue weighted by Crippen LogP contribution is 2.37. The van der Waals surface area contributed by atoms with E-state index in [-0.39, 0.29) is 23.4 Å². The van der Waals surface area contributed by atoms with Gasteiger partial charge in [0, 0.05) is 6.61 Å². The van der Waals surface area contributed by atoms with Gasteiger partial charge in [-0.3, -0.25) is 0 Å². The molecule has 0 saturated carbocycles. The summed E-state index contributed by atoms with van der Waals surface area (Å²) in [6.45, 7) is 24.4. The Kier molecular flexibility index (Phi) is 6.18. The third kappa shape index (κ3) is 5.31. The van der Waals surface area contributed by atoms with Gasteiger partial charge in [-0.05, 0) is 52.2 Å². The largest absolute Gasteiger partial charge is 0.487 e. The van der Waals surface area contributed by atoms with Gasteiger partial charge in [0.1, 0.15) is 0 Å². The van der Waals surface area contributed by atoms with Crippen molar-refractivity contribution in [2.75, 3.05) is 6.61 Å². The van der Waals surface area contributed by atoms with Crippen LogP contribution in [-0.4, -0.2) is 33.2 Å². The molecule has 5 heteroatoms. The maximum atomic E-state index is 6.18. The molecule has 0 aromatic carbocycles. The molecule has 0 N–H and O–H groups in total. The second kappa shape index (κ2) is 6.87. The minimum atomic E-state index is -1.67. The summed E-state index contributed by atoms with van der Waals surface area (Å²) in [6.07, 6.45) is 2.83. The van der Waals surface area contributed by atoms with E-state index in [4.69, 9.17) is 13.7 Å². The molecular formula is C18H35BO3Si. The number of rotatable bonds is 6. The number of hydrogen-bond acceptors (Lipinski definition) is 3. The van der Waals surface area contributed by atoms with Crippen LogP contribution in [0.3, 0.4) is 0 Å². The summed E-state index contributed by atoms with van der Waals surface area (Å²) in [6, 6.07) is 0. The average molecular weight is 338 g/mol. The van der Waals surface area contributed by atoms with E-state index in [0.717, 1.165) is 18.6 Å². The first-order chi connectivity index (χ1) is 10.2. The summed E-state index contributed by atoms with van der Waals surface area (Å²) in [5.41, 5.74) is 0.447. The molecule has 132 valence electrons. The standard InChI is InChI=1S/C18H35BO3Si/c1-15(12-14-20-23(9,10)16(2,3)4)11-13-19-21-17(5,6)18(7,8)22-19/h11,13H,1,12,14H2,2-10H3/b13-11+. The Balaban J connectivity index is 2.44. The smallest absolute Gasteiger partial charge is 0.416 e. The molecule has 1 aliphatic rings. The zero-order valence-electron chi connectivity index (χ0n) is 16.6. The zero-order chi connectivity index (χ0) is 18.1. The molecule has 1 heterocycles. The van der Waals surface area contributed by atoms with Crippen LogP contribution in [-0.2, 0) is 13.7 Å². The van der Waals surface area contributed by atoms with E-state index in [1.54, 1.807) is 0 Å². The van der Waals surface area contributed by atoms with Crippen molar-refractivity contribution < 1.29 is 13.7 Å². The molecule has 0 spiro atoms. The van der Waals surface area contributed by atoms with Gasteiger partial charge in [-0.2, -0.15) is 0 Å². The van der Waals surface area contributed by atoms with Gasteiger partial charge in [-0.1, -0.05) is 45.0 Å². The Hall–Kier alpha value is -0.358. The summed E-state index contributed by atoms with van der Waals surface area (Å²) in [4.78, 5) is 0. The van der Waals surface area contributed by atoms with E-state index in [0.29, 0.717) is 0 Å². The number of hydrogen-bond donors (Lipinski definition) is 0. The van der Waals surface area contributed by atoms with E-state index < -0.39 is 8.32 Å². The normalized spacial score (nSPS) is 21.2. The molecule has 1 saturated heterocycles. The average Bonchev–Trinajstić information content (AvgIpc) is 2.53. The first kappa shape index (κ1) is 20.7. The minimum Gasteiger partial charge on any atom is -0.416 e. The predicted octanol–water partition coefficient (Wildman–Crippen LogP) is 5.14. The van der Waals surface area contributed by atoms with Crippen LogP contribution in [0, 0.1) is 0 Å². The molecule has 0 amide bonds. The molecule has 0 aromatic heterocycles. The van der Waals surface area contributed by atoms with Crippen LogP contribution < -0.4 is 0 Å². The Bertz CT molecular complexity index is 445. The van der Waals surface area contributed by atoms with Crippen LogP contribution in [0.4, 0.5) is 0 Å². The van der Waals surface area contributed by atoms with E-state index in [9.17, 15) is 0 Å². The lowest BCUT2D eigenvalue weighted by atomic mass is 9.89. The molecule has 3 nitrogen and oxygen atoms in total. The van der Waals surface area contributed by atoms with Crippen molar-refractivity contribution in [3.8, 4) is 0 Å². The van der Waals surface area contributed by atoms with Crippen molar-refractivity contribution in [2.24, 2.45) is 0 Å². The summed E-state index contributed by atoms with van der Waals surface area (Å²) in [5.74, 6) is 1.95. The van der Waals surface area contributed by atoms with E-state index in [1.165, 1.54) is 0 Å². The van der Waals surface area contributed by atoms with E-state index >= 15 is 0 Å². The first-order valence-corrected chi connectivity index (χ1v) is 11.4. The van der Waals surface area contributed by atoms with Crippen LogP contribution in [0.2, 0.25) is 18.1 Å². The van der Waals surface area contributed by atoms with Crippen LogP contribution in [0.5, 0.6) is 0 Å². The lowest BCUT2D eigenvalue weighted by Gasteiger charge is -2.36. The lowest BCUT2D eigenvalue weighted by molar-refractivity contribution is 0.00578. The highest BCUT2D eigenvalue weighted by Gasteiger charge is 2.50. The molecule has 0 unspecified atom stereocenters. The Morgan fingerprint density at radius 2 is 1.61 bits per heavy atom. The van der Waals surface area contributed by atoms with Crippen LogP contribution in [0.15, 0.2) is 24.2 Å². The maximum Gasteiger partial charge on any atom is 0.487 e. The fourth-order valence-corrected chi connectivity index (χ4v) is 2.96. The van der Waals surface area contributed by atoms with Crippen LogP contribution in [0.1, 0.15) is 54.9 Å². The van der Waals surface area contributed by atoms with Gasteiger partial charge < -0.3 is 13.7 Å². The third-order valence-electron chi connectivity index (χ3n) is 5.45. The first-order valence-electron chi connectivity index (χ1n) is 8.53. The Labute approximate surface area is 144 Å². The van der Waals surface area contributed by atoms with Gasteiger partial charge in [0.05, 0.1) is 11.2 Å². The molecule has 1 aliphatic heterocycles. The van der Waals surface area contributed by atoms with E-state index in [1.807, 2.05) is 12.1 Å². The van der Waals surface area contributed by atoms with Gasteiger partial charge in [0.2, 0.25) is 0 Å². The summed E-state index contributed by atoms with van der Waals surface area (Å²) in [5, 5.41) is 0.243. The zero-order valence-corrected chi connectivity index (χ0v) is 17.6. The van der Waals surface area contributed by atoms with Gasteiger partial charge in [-0.25, -0.2) is 0 Å². The monoisotopic (exact) mass is 338 g/mol. The third-order valence-corrected chi connectivity index (χ3v) is 9.99. The minimum absolute atomic E-state index is 0.243. The molecule has 0 aromatic rings. The summed E-state index contributed by atoms with van der Waals surface area (Å²) < 4.78 is 18.1. The van der Waals surface area contributed by atoms with Crippen LogP contribution in [0.25, 0.3) is 0 Å². The molecule has 1 fully saturated rings. The van der Waals surface area contributed by atoms with Gasteiger partial charge in [0.25, 0.3) is 0 Å². The predicted molar refractivity (Wildman–Crippen MR) is 102 cm³/mol. The van der Waals surface area contributed by atoms with Crippen molar-refractivity contribution in [2.45, 2.75) is 84.2 Å². The Morgan fingerprint density at radius 1 is 1.13 bits per heavy atom. The second-order valence-electron chi connectivity index (χ2n) is 9.00.